The number of unbranched alkanes of at least 4 members (excludes halogenated alkanes) is 2. The number of hydrogen-bond donors (Lipinski definition) is 7. The molecule has 2 heterocycles. The smallest absolute Gasteiger partial charge is 0.410 e. The number of ether oxygens (including phenoxy) is 1. The molecule has 0 spiro atoms. The van der Waals surface area contributed by atoms with Crippen molar-refractivity contribution in [2.24, 2.45) is 5.73 Å². The summed E-state index contributed by atoms with van der Waals surface area (Å²) >= 11 is 0. The summed E-state index contributed by atoms with van der Waals surface area (Å²) in [5, 5.41) is 28.6. The molecule has 2 aliphatic heterocycles. The Morgan fingerprint density at radius 2 is 1.57 bits per heavy atom. The first-order chi connectivity index (χ1) is 25.7. The molecule has 1 aromatic rings. The highest BCUT2D eigenvalue weighted by Crippen LogP contribution is 2.18. The van der Waals surface area contributed by atoms with Crippen LogP contribution in [-0.4, -0.2) is 130 Å². The fraction of sp³-hybridized carbons (Fsp3) is 0.500. The highest BCUT2D eigenvalue weighted by molar-refractivity contribution is 6.12. The summed E-state index contributed by atoms with van der Waals surface area (Å²) in [4.78, 5) is 111. The molecule has 2 atom stereocenters. The molecule has 0 bridgehead atoms. The van der Waals surface area contributed by atoms with Crippen LogP contribution in [0.2, 0.25) is 0 Å². The van der Waals surface area contributed by atoms with Crippen LogP contribution in [-0.2, 0) is 40.1 Å². The van der Waals surface area contributed by atoms with Crippen LogP contribution in [0, 0.1) is 0 Å². The van der Waals surface area contributed by atoms with Crippen molar-refractivity contribution >= 4 is 59.4 Å². The molecule has 0 radical (unpaired) electrons. The maximum absolute atomic E-state index is 13.2. The monoisotopic (exact) mass is 758 g/mol. The number of aliphatic carboxylic acids is 1. The minimum atomic E-state index is -1.17. The van der Waals surface area contributed by atoms with Crippen molar-refractivity contribution in [2.75, 3.05) is 44.6 Å². The highest BCUT2D eigenvalue weighted by Gasteiger charge is 2.33. The number of amides is 9. The van der Waals surface area contributed by atoms with Crippen molar-refractivity contribution in [3.63, 3.8) is 0 Å². The van der Waals surface area contributed by atoms with Gasteiger partial charge in [0.25, 0.3) is 11.8 Å². The van der Waals surface area contributed by atoms with E-state index in [1.807, 2.05) is 0 Å². The van der Waals surface area contributed by atoms with Crippen LogP contribution in [0.15, 0.2) is 36.4 Å². The average Bonchev–Trinajstić information content (AvgIpc) is 3.45. The Morgan fingerprint density at radius 3 is 2.22 bits per heavy atom. The lowest BCUT2D eigenvalue weighted by Gasteiger charge is -2.39. The Balaban J connectivity index is 1.46. The summed E-state index contributed by atoms with van der Waals surface area (Å²) in [6.07, 6.45) is 2.40. The number of hydrogen-bond acceptors (Lipinski definition) is 10. The zero-order chi connectivity index (χ0) is 39.6. The third-order valence-electron chi connectivity index (χ3n) is 8.52. The molecule has 1 saturated heterocycles. The molecule has 294 valence electrons. The molecule has 1 fully saturated rings. The molecule has 0 aliphatic carbocycles. The molecule has 20 heteroatoms. The topological polar surface area (TPSA) is 287 Å². The first-order valence-corrected chi connectivity index (χ1v) is 17.4. The normalized spacial score (nSPS) is 15.7. The van der Waals surface area contributed by atoms with E-state index in [-0.39, 0.29) is 83.2 Å². The third-order valence-corrected chi connectivity index (χ3v) is 8.52. The van der Waals surface area contributed by atoms with Crippen LogP contribution in [0.1, 0.15) is 56.9 Å². The standard InChI is InChI=1S/C34H46N8O12/c35-32(50)36-15-4-5-25(39-27(44)19-37-26(43)6-2-1-3-16-42-28(45)12-13-29(42)46)31(49)38-23-9-7-22(8-10-23)21-54-34(53)41-18-17-40(33(51)52)20-24(41)11-14-30(47)48/h7-10,12-13,24-25H,1-6,11,14-21H2,(H,37,43)(H,38,49)(H,39,44)(H,47,48)(H,51,52)(H3,35,36,50)/t24-,25-/m0/s1. The number of carboxylic acid groups (broad SMARTS) is 2. The second-order valence-corrected chi connectivity index (χ2v) is 12.6. The quantitative estimate of drug-likeness (QED) is 0.0700. The zero-order valence-electron chi connectivity index (χ0n) is 29.6. The molecule has 0 saturated carbocycles. The second kappa shape index (κ2) is 21.3. The van der Waals surface area contributed by atoms with Gasteiger partial charge in [-0.05, 0) is 49.8 Å². The summed E-state index contributed by atoms with van der Waals surface area (Å²) in [6.45, 7) is -0.113. The number of primary amides is 1. The first kappa shape index (κ1) is 42.2. The average molecular weight is 759 g/mol. The number of urea groups is 1. The Morgan fingerprint density at radius 1 is 0.870 bits per heavy atom. The number of imide groups is 1. The van der Waals surface area contributed by atoms with Crippen LogP contribution in [0.5, 0.6) is 0 Å². The minimum Gasteiger partial charge on any atom is -0.481 e. The summed E-state index contributed by atoms with van der Waals surface area (Å²) in [5.41, 5.74) is 6.01. The van der Waals surface area contributed by atoms with Gasteiger partial charge in [-0.25, -0.2) is 14.4 Å². The predicted octanol–water partition coefficient (Wildman–Crippen LogP) is 0.326. The number of nitrogens with two attached hydrogens (primary N) is 1. The molecule has 1 aromatic carbocycles. The van der Waals surface area contributed by atoms with Crippen molar-refractivity contribution in [3.05, 3.63) is 42.0 Å². The molecule has 0 aromatic heterocycles. The van der Waals surface area contributed by atoms with Gasteiger partial charge in [0.15, 0.2) is 0 Å². The van der Waals surface area contributed by atoms with Crippen molar-refractivity contribution in [3.8, 4) is 0 Å². The van der Waals surface area contributed by atoms with E-state index in [9.17, 15) is 48.3 Å². The van der Waals surface area contributed by atoms with Crippen molar-refractivity contribution in [1.29, 1.82) is 0 Å². The molecular weight excluding hydrogens is 712 g/mol. The van der Waals surface area contributed by atoms with Crippen molar-refractivity contribution < 1.29 is 58.1 Å². The van der Waals surface area contributed by atoms with E-state index in [4.69, 9.17) is 15.6 Å². The number of nitrogens with one attached hydrogen (secondary N) is 4. The fourth-order valence-electron chi connectivity index (χ4n) is 5.63. The summed E-state index contributed by atoms with van der Waals surface area (Å²) < 4.78 is 5.42. The molecule has 0 unspecified atom stereocenters. The van der Waals surface area contributed by atoms with E-state index in [1.54, 1.807) is 24.3 Å². The van der Waals surface area contributed by atoms with E-state index in [2.05, 4.69) is 21.3 Å². The third kappa shape index (κ3) is 14.4. The zero-order valence-corrected chi connectivity index (χ0v) is 29.6. The summed E-state index contributed by atoms with van der Waals surface area (Å²) in [5.74, 6) is -3.41. The maximum atomic E-state index is 13.2. The van der Waals surface area contributed by atoms with Crippen LogP contribution in [0.3, 0.4) is 0 Å². The van der Waals surface area contributed by atoms with Gasteiger partial charge in [-0.2, -0.15) is 0 Å². The first-order valence-electron chi connectivity index (χ1n) is 17.4. The van der Waals surface area contributed by atoms with Gasteiger partial charge in [0, 0.05) is 63.4 Å². The molecule has 9 amide bonds. The molecule has 8 N–H and O–H groups in total. The van der Waals surface area contributed by atoms with Crippen molar-refractivity contribution in [1.82, 2.24) is 30.7 Å². The van der Waals surface area contributed by atoms with Gasteiger partial charge in [0.2, 0.25) is 17.7 Å². The van der Waals surface area contributed by atoms with Gasteiger partial charge in [0.1, 0.15) is 12.6 Å². The number of carbonyl (C=O) groups is 9. The summed E-state index contributed by atoms with van der Waals surface area (Å²) in [6, 6.07) is 3.82. The van der Waals surface area contributed by atoms with Crippen LogP contribution >= 0.6 is 0 Å². The van der Waals surface area contributed by atoms with E-state index in [1.165, 1.54) is 17.1 Å². The SMILES string of the molecule is NC(=O)NCCC[C@H](NC(=O)CNC(=O)CCCCCN1C(=O)C=CC1=O)C(=O)Nc1ccc(COC(=O)N2CCN(C(=O)O)C[C@@H]2CCC(=O)O)cc1. The Kier molecular flexibility index (Phi) is 16.7. The number of rotatable bonds is 20. The minimum absolute atomic E-state index is 0.0379. The lowest BCUT2D eigenvalue weighted by molar-refractivity contribution is -0.138. The second-order valence-electron chi connectivity index (χ2n) is 12.6. The maximum Gasteiger partial charge on any atom is 0.410 e. The van der Waals surface area contributed by atoms with Crippen LogP contribution in [0.25, 0.3) is 0 Å². The number of anilines is 1. The van der Waals surface area contributed by atoms with E-state index in [0.29, 0.717) is 30.5 Å². The van der Waals surface area contributed by atoms with Gasteiger partial charge in [-0.3, -0.25) is 33.7 Å². The number of benzene rings is 1. The summed E-state index contributed by atoms with van der Waals surface area (Å²) in [7, 11) is 0. The molecule has 3 rings (SSSR count). The van der Waals surface area contributed by atoms with Gasteiger partial charge >= 0.3 is 24.2 Å². The predicted molar refractivity (Wildman–Crippen MR) is 188 cm³/mol. The molecule has 2 aliphatic rings. The largest absolute Gasteiger partial charge is 0.481 e. The highest BCUT2D eigenvalue weighted by atomic mass is 16.6. The molecule has 54 heavy (non-hydrogen) atoms. The van der Waals surface area contributed by atoms with E-state index >= 15 is 0 Å². The van der Waals surface area contributed by atoms with Gasteiger partial charge < -0.3 is 51.8 Å². The Labute approximate surface area is 310 Å². The van der Waals surface area contributed by atoms with Crippen molar-refractivity contribution in [2.45, 2.75) is 70.1 Å². The van der Waals surface area contributed by atoms with E-state index in [0.717, 1.165) is 9.80 Å². The number of piperazine rings is 1. The number of carbonyl (C=O) groups excluding carboxylic acids is 7. The lowest BCUT2D eigenvalue weighted by Crippen LogP contribution is -2.56. The number of carboxylic acids is 1. The van der Waals surface area contributed by atoms with Crippen LogP contribution < -0.4 is 27.0 Å². The van der Waals surface area contributed by atoms with Crippen LogP contribution in [0.4, 0.5) is 20.1 Å². The van der Waals surface area contributed by atoms with E-state index < -0.39 is 60.5 Å². The van der Waals surface area contributed by atoms with Gasteiger partial charge in [-0.15, -0.1) is 0 Å². The number of nitrogens with zero attached hydrogens (tertiary/aromatic N) is 3. The van der Waals surface area contributed by atoms with Gasteiger partial charge in [0.05, 0.1) is 12.6 Å². The lowest BCUT2D eigenvalue weighted by atomic mass is 10.1. The Bertz CT molecular complexity index is 1570. The fourth-order valence-corrected chi connectivity index (χ4v) is 5.63. The Hall–Kier alpha value is -6.21. The van der Waals surface area contributed by atoms with Gasteiger partial charge in [-0.1, -0.05) is 18.6 Å². The molecule has 20 nitrogen and oxygen atoms in total. The molecular formula is C34H46N8O12.